The molecule has 174 valence electrons. The lowest BCUT2D eigenvalue weighted by Crippen LogP contribution is -2.41. The summed E-state index contributed by atoms with van der Waals surface area (Å²) >= 11 is 4.86. The highest BCUT2D eigenvalue weighted by molar-refractivity contribution is 6.20. The molecule has 1 unspecified atom stereocenters. The number of amides is 2. The van der Waals surface area contributed by atoms with Gasteiger partial charge in [-0.15, -0.1) is 8.78 Å². The first kappa shape index (κ1) is 22.3. The van der Waals surface area contributed by atoms with E-state index in [-0.39, 0.29) is 24.1 Å². The standard InChI is InChI=1S/C25H20ClF2N3O3/c1-16(32)30-13-11-24(15-30)22-20(17-4-3-12-29-14-17)5-2-6-21(22)31(23(24)33)18-7-9-19(10-8-18)34-25(26,27)28/h2-10,12,14H,11,13,15H2,1H3. The second-order valence-corrected chi connectivity index (χ2v) is 8.84. The van der Waals surface area contributed by atoms with Crippen molar-refractivity contribution >= 4 is 34.8 Å². The number of carbonyl (C=O) groups excluding carboxylic acids is 2. The number of likely N-dealkylation sites (tertiary alicyclic amines) is 1. The zero-order valence-electron chi connectivity index (χ0n) is 18.2. The fraction of sp³-hybridized carbons (Fsp3) is 0.240. The molecule has 0 N–H and O–H groups in total. The zero-order valence-corrected chi connectivity index (χ0v) is 18.9. The van der Waals surface area contributed by atoms with Crippen LogP contribution in [0, 0.1) is 0 Å². The highest BCUT2D eigenvalue weighted by Crippen LogP contribution is 2.53. The van der Waals surface area contributed by atoms with Crippen LogP contribution >= 0.6 is 11.6 Å². The predicted molar refractivity (Wildman–Crippen MR) is 123 cm³/mol. The minimum absolute atomic E-state index is 0.0907. The van der Waals surface area contributed by atoms with E-state index in [1.807, 2.05) is 30.3 Å². The molecule has 2 aliphatic rings. The largest absolute Gasteiger partial charge is 0.487 e. The summed E-state index contributed by atoms with van der Waals surface area (Å²) < 4.78 is 30.4. The van der Waals surface area contributed by atoms with Crippen molar-refractivity contribution in [1.29, 1.82) is 0 Å². The van der Waals surface area contributed by atoms with Gasteiger partial charge in [-0.1, -0.05) is 18.2 Å². The fourth-order valence-electron chi connectivity index (χ4n) is 4.93. The molecule has 3 aromatic rings. The molecule has 1 atom stereocenters. The van der Waals surface area contributed by atoms with Crippen LogP contribution in [0.15, 0.2) is 67.0 Å². The molecule has 0 radical (unpaired) electrons. The first-order valence-corrected chi connectivity index (χ1v) is 11.1. The number of pyridine rings is 1. The van der Waals surface area contributed by atoms with Crippen LogP contribution in [0.3, 0.4) is 0 Å². The summed E-state index contributed by atoms with van der Waals surface area (Å²) in [7, 11) is 0. The molecule has 1 aromatic heterocycles. The van der Waals surface area contributed by atoms with E-state index >= 15 is 0 Å². The van der Waals surface area contributed by atoms with Crippen LogP contribution in [0.4, 0.5) is 20.2 Å². The molecule has 6 nitrogen and oxygen atoms in total. The molecule has 0 bridgehead atoms. The quantitative estimate of drug-likeness (QED) is 0.485. The summed E-state index contributed by atoms with van der Waals surface area (Å²) in [6.45, 7) is 2.23. The number of carbonyl (C=O) groups is 2. The van der Waals surface area contributed by atoms with E-state index in [9.17, 15) is 18.4 Å². The normalized spacial score (nSPS) is 19.6. The smallest absolute Gasteiger partial charge is 0.420 e. The van der Waals surface area contributed by atoms with E-state index in [4.69, 9.17) is 11.6 Å². The summed E-state index contributed by atoms with van der Waals surface area (Å²) in [5, 5.41) is 0. The van der Waals surface area contributed by atoms with E-state index in [0.717, 1.165) is 16.7 Å². The Balaban J connectivity index is 1.65. The van der Waals surface area contributed by atoms with E-state index < -0.39 is 11.0 Å². The maximum Gasteiger partial charge on any atom is 0.487 e. The number of rotatable bonds is 4. The first-order valence-electron chi connectivity index (χ1n) is 10.7. The van der Waals surface area contributed by atoms with E-state index in [1.165, 1.54) is 31.2 Å². The second-order valence-electron chi connectivity index (χ2n) is 8.40. The van der Waals surface area contributed by atoms with Crippen LogP contribution in [0.5, 0.6) is 5.75 Å². The van der Waals surface area contributed by atoms with Gasteiger partial charge < -0.3 is 9.64 Å². The average molecular weight is 484 g/mol. The van der Waals surface area contributed by atoms with Crippen LogP contribution < -0.4 is 9.64 Å². The van der Waals surface area contributed by atoms with Crippen LogP contribution in [0.1, 0.15) is 18.9 Å². The van der Waals surface area contributed by atoms with E-state index in [0.29, 0.717) is 24.3 Å². The van der Waals surface area contributed by atoms with Crippen molar-refractivity contribution in [2.45, 2.75) is 24.3 Å². The van der Waals surface area contributed by atoms with Gasteiger partial charge in [0.1, 0.15) is 5.75 Å². The van der Waals surface area contributed by atoms with Gasteiger partial charge in [-0.3, -0.25) is 19.5 Å². The number of nitrogens with zero attached hydrogens (tertiary/aromatic N) is 3. The first-order chi connectivity index (χ1) is 16.2. The number of fused-ring (bicyclic) bond motifs is 2. The molecule has 34 heavy (non-hydrogen) atoms. The van der Waals surface area contributed by atoms with Crippen LogP contribution in [-0.2, 0) is 15.0 Å². The maximum absolute atomic E-state index is 14.1. The molecule has 0 saturated carbocycles. The van der Waals surface area contributed by atoms with Crippen molar-refractivity contribution < 1.29 is 23.1 Å². The number of aromatic nitrogens is 1. The van der Waals surface area contributed by atoms with Gasteiger partial charge in [0.15, 0.2) is 0 Å². The Bertz CT molecular complexity index is 1260. The van der Waals surface area contributed by atoms with Gasteiger partial charge in [-0.2, -0.15) is 0 Å². The summed E-state index contributed by atoms with van der Waals surface area (Å²) in [4.78, 5) is 33.7. The molecule has 5 rings (SSSR count). The SMILES string of the molecule is CC(=O)N1CCC2(C1)C(=O)N(c1ccc(OC(F)(F)Cl)cc1)c1cccc(-c3cccnc3)c12. The Kier molecular flexibility index (Phi) is 5.28. The summed E-state index contributed by atoms with van der Waals surface area (Å²) in [6, 6.07) is 15.2. The lowest BCUT2D eigenvalue weighted by Gasteiger charge is -2.25. The molecule has 1 fully saturated rings. The van der Waals surface area contributed by atoms with Crippen molar-refractivity contribution in [3.63, 3.8) is 0 Å². The Labute approximate surface area is 199 Å². The van der Waals surface area contributed by atoms with Gasteiger partial charge in [0, 0.05) is 60.8 Å². The third-order valence-corrected chi connectivity index (χ3v) is 6.47. The predicted octanol–water partition coefficient (Wildman–Crippen LogP) is 5.08. The molecular formula is C25H20ClF2N3O3. The molecule has 9 heteroatoms. The molecule has 3 heterocycles. The van der Waals surface area contributed by atoms with Crippen molar-refractivity contribution in [2.75, 3.05) is 18.0 Å². The number of alkyl halides is 3. The maximum atomic E-state index is 14.1. The molecular weight excluding hydrogens is 464 g/mol. The van der Waals surface area contributed by atoms with Gasteiger partial charge in [0.05, 0.1) is 11.1 Å². The number of benzene rings is 2. The highest BCUT2D eigenvalue weighted by atomic mass is 35.5. The van der Waals surface area contributed by atoms with Crippen molar-refractivity contribution in [1.82, 2.24) is 9.88 Å². The lowest BCUT2D eigenvalue weighted by atomic mass is 9.77. The van der Waals surface area contributed by atoms with Crippen molar-refractivity contribution in [3.8, 4) is 16.9 Å². The third kappa shape index (κ3) is 3.68. The summed E-state index contributed by atoms with van der Waals surface area (Å²) in [5.74, 6) is -0.385. The fourth-order valence-corrected chi connectivity index (χ4v) is 5.02. The molecule has 2 aromatic carbocycles. The topological polar surface area (TPSA) is 62.7 Å². The number of halogens is 3. The average Bonchev–Trinajstić information content (AvgIpc) is 3.35. The van der Waals surface area contributed by atoms with Gasteiger partial charge >= 0.3 is 5.57 Å². The lowest BCUT2D eigenvalue weighted by molar-refractivity contribution is -0.128. The minimum atomic E-state index is -3.83. The van der Waals surface area contributed by atoms with Gasteiger partial charge in [0.25, 0.3) is 0 Å². The molecule has 0 aliphatic carbocycles. The zero-order chi connectivity index (χ0) is 24.1. The highest BCUT2D eigenvalue weighted by Gasteiger charge is 2.56. The molecule has 2 aliphatic heterocycles. The van der Waals surface area contributed by atoms with Gasteiger partial charge in [-0.05, 0) is 48.4 Å². The van der Waals surface area contributed by atoms with Crippen molar-refractivity contribution in [2.24, 2.45) is 0 Å². The number of hydrogen-bond donors (Lipinski definition) is 0. The monoisotopic (exact) mass is 483 g/mol. The molecule has 1 saturated heterocycles. The number of ether oxygens (including phenoxy) is 1. The van der Waals surface area contributed by atoms with Gasteiger partial charge in [-0.25, -0.2) is 0 Å². The second kappa shape index (κ2) is 8.06. The number of hydrogen-bond acceptors (Lipinski definition) is 4. The third-order valence-electron chi connectivity index (χ3n) is 6.39. The number of anilines is 2. The van der Waals surface area contributed by atoms with Crippen LogP contribution in [0.2, 0.25) is 0 Å². The Morgan fingerprint density at radius 2 is 1.91 bits per heavy atom. The van der Waals surface area contributed by atoms with Crippen LogP contribution in [0.25, 0.3) is 11.1 Å². The Morgan fingerprint density at radius 1 is 1.15 bits per heavy atom. The molecule has 2 amide bonds. The van der Waals surface area contributed by atoms with Crippen molar-refractivity contribution in [3.05, 3.63) is 72.6 Å². The van der Waals surface area contributed by atoms with Gasteiger partial charge in [0.2, 0.25) is 11.8 Å². The minimum Gasteiger partial charge on any atom is -0.420 e. The van der Waals surface area contributed by atoms with E-state index in [2.05, 4.69) is 9.72 Å². The Hall–Kier alpha value is -3.52. The molecule has 1 spiro atoms. The van der Waals surface area contributed by atoms with Crippen LogP contribution in [-0.4, -0.2) is 40.4 Å². The summed E-state index contributed by atoms with van der Waals surface area (Å²) in [5.41, 5.74) is -1.00. The summed E-state index contributed by atoms with van der Waals surface area (Å²) in [6.07, 6.45) is 3.90. The Morgan fingerprint density at radius 3 is 2.53 bits per heavy atom. The van der Waals surface area contributed by atoms with E-state index in [1.54, 1.807) is 22.2 Å².